The number of carbonyl (C=O) groups excluding carboxylic acids is 1. The molecule has 0 aliphatic carbocycles. The molecule has 0 atom stereocenters. The lowest BCUT2D eigenvalue weighted by Crippen LogP contribution is -2.27. The molecule has 102 valence electrons. The molecule has 0 radical (unpaired) electrons. The van der Waals surface area contributed by atoms with Gasteiger partial charge in [0.05, 0.1) is 12.4 Å². The molecule has 0 unspecified atom stereocenters. The lowest BCUT2D eigenvalue weighted by molar-refractivity contribution is 0.0514. The topological polar surface area (TPSA) is 81.5 Å². The van der Waals surface area contributed by atoms with Crippen LogP contribution in [0.3, 0.4) is 0 Å². The van der Waals surface area contributed by atoms with E-state index in [1.807, 2.05) is 0 Å². The third-order valence-corrected chi connectivity index (χ3v) is 3.69. The summed E-state index contributed by atoms with van der Waals surface area (Å²) in [4.78, 5) is 11.6. The van der Waals surface area contributed by atoms with Gasteiger partial charge in [-0.05, 0) is 20.8 Å². The van der Waals surface area contributed by atoms with Crippen LogP contribution in [0.1, 0.15) is 20.8 Å². The predicted molar refractivity (Wildman–Crippen MR) is 64.7 cm³/mol. The lowest BCUT2D eigenvalue weighted by atomic mass is 10.2. The summed E-state index contributed by atoms with van der Waals surface area (Å²) in [6.07, 6.45) is 1.52. The smallest absolute Gasteiger partial charge is 0.435 e. The molecule has 18 heavy (non-hydrogen) atoms. The van der Waals surface area contributed by atoms with Crippen LogP contribution in [0.2, 0.25) is 0 Å². The molecule has 7 nitrogen and oxygen atoms in total. The molecule has 1 aromatic rings. The van der Waals surface area contributed by atoms with E-state index in [9.17, 15) is 13.2 Å². The van der Waals surface area contributed by atoms with Gasteiger partial charge in [0.1, 0.15) is 10.5 Å². The molecule has 0 N–H and O–H groups in total. The van der Waals surface area contributed by atoms with E-state index in [1.54, 1.807) is 20.8 Å². The van der Waals surface area contributed by atoms with Crippen molar-refractivity contribution in [3.8, 4) is 0 Å². The molecule has 0 spiro atoms. The zero-order valence-electron chi connectivity index (χ0n) is 11.0. The summed E-state index contributed by atoms with van der Waals surface area (Å²) < 4.78 is 30.5. The van der Waals surface area contributed by atoms with Crippen LogP contribution in [0.5, 0.6) is 0 Å². The van der Waals surface area contributed by atoms with E-state index in [0.717, 1.165) is 21.4 Å². The number of carbonyl (C=O) groups is 1. The van der Waals surface area contributed by atoms with Crippen molar-refractivity contribution in [3.05, 3.63) is 12.4 Å². The van der Waals surface area contributed by atoms with Gasteiger partial charge in [-0.3, -0.25) is 0 Å². The van der Waals surface area contributed by atoms with Gasteiger partial charge < -0.3 is 4.74 Å². The fourth-order valence-electron chi connectivity index (χ4n) is 1.06. The number of hydrogen-bond acceptors (Lipinski definition) is 5. The van der Waals surface area contributed by atoms with Crippen molar-refractivity contribution in [2.45, 2.75) is 31.3 Å². The maximum Gasteiger partial charge on any atom is 0.435 e. The van der Waals surface area contributed by atoms with Gasteiger partial charge in [-0.25, -0.2) is 17.5 Å². The van der Waals surface area contributed by atoms with E-state index in [4.69, 9.17) is 4.74 Å². The van der Waals surface area contributed by atoms with E-state index < -0.39 is 21.7 Å². The second-order valence-corrected chi connectivity index (χ2v) is 7.04. The fraction of sp³-hybridized carbons (Fsp3) is 0.600. The molecule has 0 saturated carbocycles. The minimum absolute atomic E-state index is 0.0571. The predicted octanol–water partition coefficient (Wildman–Crippen LogP) is 0.917. The molecule has 0 aliphatic heterocycles. The van der Waals surface area contributed by atoms with E-state index in [0.29, 0.717) is 0 Å². The zero-order chi connectivity index (χ0) is 14.1. The van der Waals surface area contributed by atoms with Crippen LogP contribution in [0.15, 0.2) is 17.3 Å². The van der Waals surface area contributed by atoms with Crippen LogP contribution >= 0.6 is 0 Å². The highest BCUT2D eigenvalue weighted by Gasteiger charge is 2.23. The van der Waals surface area contributed by atoms with Gasteiger partial charge in [0.15, 0.2) is 0 Å². The average molecular weight is 275 g/mol. The molecule has 0 saturated heterocycles. The third kappa shape index (κ3) is 3.30. The van der Waals surface area contributed by atoms with Gasteiger partial charge in [-0.2, -0.15) is 9.78 Å². The Labute approximate surface area is 106 Å². The van der Waals surface area contributed by atoms with Gasteiger partial charge in [0, 0.05) is 14.1 Å². The molecule has 1 aromatic heterocycles. The summed E-state index contributed by atoms with van der Waals surface area (Å²) in [6, 6.07) is 0. The molecular formula is C10H17N3O4S. The lowest BCUT2D eigenvalue weighted by Gasteiger charge is -2.18. The monoisotopic (exact) mass is 275 g/mol. The normalized spacial score (nSPS) is 12.8. The number of aromatic nitrogens is 2. The molecule has 0 aromatic carbocycles. The van der Waals surface area contributed by atoms with Crippen LogP contribution in [0.25, 0.3) is 0 Å². The summed E-state index contributed by atoms with van der Waals surface area (Å²) in [5.41, 5.74) is -0.663. The van der Waals surface area contributed by atoms with Crippen molar-refractivity contribution in [1.29, 1.82) is 0 Å². The van der Waals surface area contributed by atoms with Gasteiger partial charge >= 0.3 is 6.09 Å². The fourth-order valence-corrected chi connectivity index (χ4v) is 1.89. The highest BCUT2D eigenvalue weighted by Crippen LogP contribution is 2.13. The Morgan fingerprint density at radius 1 is 1.39 bits per heavy atom. The Morgan fingerprint density at radius 3 is 2.39 bits per heavy atom. The Hall–Kier alpha value is -1.41. The second kappa shape index (κ2) is 4.69. The Kier molecular flexibility index (Phi) is 3.82. The molecule has 0 amide bonds. The van der Waals surface area contributed by atoms with Crippen LogP contribution in [0, 0.1) is 0 Å². The Balaban J connectivity index is 2.98. The third-order valence-electron chi connectivity index (χ3n) is 1.92. The highest BCUT2D eigenvalue weighted by molar-refractivity contribution is 7.89. The summed E-state index contributed by atoms with van der Waals surface area (Å²) >= 11 is 0. The largest absolute Gasteiger partial charge is 0.442 e. The molecule has 1 rings (SSSR count). The Bertz CT molecular complexity index is 540. The molecule has 0 aliphatic rings. The van der Waals surface area contributed by atoms with Crippen molar-refractivity contribution < 1.29 is 17.9 Å². The number of hydrogen-bond donors (Lipinski definition) is 0. The van der Waals surface area contributed by atoms with Crippen molar-refractivity contribution in [2.75, 3.05) is 14.1 Å². The number of sulfonamides is 1. The molecular weight excluding hydrogens is 258 g/mol. The first-order chi connectivity index (χ1) is 8.04. The maximum absolute atomic E-state index is 11.8. The Morgan fingerprint density at radius 2 is 1.94 bits per heavy atom. The van der Waals surface area contributed by atoms with Crippen molar-refractivity contribution in [3.63, 3.8) is 0 Å². The van der Waals surface area contributed by atoms with Gasteiger partial charge in [0.2, 0.25) is 10.0 Å². The average Bonchev–Trinajstić information content (AvgIpc) is 2.63. The van der Waals surface area contributed by atoms with Crippen LogP contribution in [-0.2, 0) is 14.8 Å². The van der Waals surface area contributed by atoms with Crippen molar-refractivity contribution >= 4 is 16.1 Å². The molecule has 0 bridgehead atoms. The standard InChI is InChI=1S/C10H17N3O4S/c1-10(2,3)17-9(14)13-7-8(6-11-13)18(15,16)12(4)5/h6-7H,1-5H3. The van der Waals surface area contributed by atoms with E-state index in [2.05, 4.69) is 5.10 Å². The van der Waals surface area contributed by atoms with Crippen LogP contribution < -0.4 is 0 Å². The summed E-state index contributed by atoms with van der Waals surface area (Å²) in [5, 5.41) is 3.69. The van der Waals surface area contributed by atoms with Crippen LogP contribution in [0.4, 0.5) is 4.79 Å². The van der Waals surface area contributed by atoms with E-state index in [1.165, 1.54) is 14.1 Å². The molecule has 0 fully saturated rings. The number of ether oxygens (including phenoxy) is 1. The highest BCUT2D eigenvalue weighted by atomic mass is 32.2. The minimum atomic E-state index is -3.59. The second-order valence-electron chi connectivity index (χ2n) is 4.89. The number of rotatable bonds is 2. The zero-order valence-corrected chi connectivity index (χ0v) is 11.9. The number of nitrogens with zero attached hydrogens (tertiary/aromatic N) is 3. The first kappa shape index (κ1) is 14.7. The summed E-state index contributed by atoms with van der Waals surface area (Å²) in [5.74, 6) is 0. The summed E-state index contributed by atoms with van der Waals surface area (Å²) in [6.45, 7) is 5.14. The summed E-state index contributed by atoms with van der Waals surface area (Å²) in [7, 11) is -0.785. The molecule has 1 heterocycles. The first-order valence-corrected chi connectivity index (χ1v) is 6.68. The first-order valence-electron chi connectivity index (χ1n) is 5.24. The van der Waals surface area contributed by atoms with Gasteiger partial charge in [-0.15, -0.1) is 0 Å². The molecule has 8 heteroatoms. The minimum Gasteiger partial charge on any atom is -0.442 e. The van der Waals surface area contributed by atoms with Gasteiger partial charge in [0.25, 0.3) is 0 Å². The van der Waals surface area contributed by atoms with E-state index in [-0.39, 0.29) is 4.90 Å². The van der Waals surface area contributed by atoms with Crippen molar-refractivity contribution in [2.24, 2.45) is 0 Å². The van der Waals surface area contributed by atoms with Crippen LogP contribution in [-0.4, -0.2) is 48.3 Å². The quantitative estimate of drug-likeness (QED) is 0.801. The van der Waals surface area contributed by atoms with Crippen molar-refractivity contribution in [1.82, 2.24) is 14.1 Å². The maximum atomic E-state index is 11.8. The van der Waals surface area contributed by atoms with E-state index >= 15 is 0 Å². The van der Waals surface area contributed by atoms with Gasteiger partial charge in [-0.1, -0.05) is 0 Å². The SMILES string of the molecule is CN(C)S(=O)(=O)c1cnn(C(=O)OC(C)(C)C)c1.